The Balaban J connectivity index is 1.55. The van der Waals surface area contributed by atoms with E-state index in [1.54, 1.807) is 54.6 Å². The molecular weight excluding hydrogens is 430 g/mol. The SMILES string of the molecule is O=C(CO/N=C/c1cc(Cl)ccc1OCc1ccc(F)cc1)Nc1ccc(Cl)cc1. The average Bonchev–Trinajstić information content (AvgIpc) is 2.73. The van der Waals surface area contributed by atoms with E-state index in [1.165, 1.54) is 18.3 Å². The van der Waals surface area contributed by atoms with Crippen molar-refractivity contribution in [3.05, 3.63) is 93.7 Å². The molecule has 8 heteroatoms. The van der Waals surface area contributed by atoms with Gasteiger partial charge in [-0.15, -0.1) is 0 Å². The summed E-state index contributed by atoms with van der Waals surface area (Å²) in [4.78, 5) is 17.0. The van der Waals surface area contributed by atoms with Gasteiger partial charge in [-0.1, -0.05) is 40.5 Å². The molecule has 0 saturated heterocycles. The quantitative estimate of drug-likeness (QED) is 0.356. The van der Waals surface area contributed by atoms with Gasteiger partial charge in [0.1, 0.15) is 18.2 Å². The van der Waals surface area contributed by atoms with Crippen LogP contribution >= 0.6 is 23.2 Å². The van der Waals surface area contributed by atoms with Crippen LogP contribution in [0.5, 0.6) is 5.75 Å². The van der Waals surface area contributed by atoms with E-state index in [0.29, 0.717) is 27.0 Å². The molecule has 0 radical (unpaired) electrons. The monoisotopic (exact) mass is 446 g/mol. The molecule has 0 heterocycles. The molecule has 0 aliphatic carbocycles. The number of hydrogen-bond acceptors (Lipinski definition) is 4. The maximum Gasteiger partial charge on any atom is 0.265 e. The lowest BCUT2D eigenvalue weighted by atomic mass is 10.2. The summed E-state index contributed by atoms with van der Waals surface area (Å²) in [5.74, 6) is -0.162. The number of ether oxygens (including phenoxy) is 1. The zero-order valence-corrected chi connectivity index (χ0v) is 17.2. The highest BCUT2D eigenvalue weighted by atomic mass is 35.5. The molecule has 0 saturated carbocycles. The predicted molar refractivity (Wildman–Crippen MR) is 116 cm³/mol. The molecule has 1 amide bonds. The van der Waals surface area contributed by atoms with Gasteiger partial charge in [-0.3, -0.25) is 4.79 Å². The van der Waals surface area contributed by atoms with Crippen LogP contribution in [-0.2, 0) is 16.2 Å². The second kappa shape index (κ2) is 10.6. The fraction of sp³-hybridized carbons (Fsp3) is 0.0909. The number of anilines is 1. The highest BCUT2D eigenvalue weighted by Crippen LogP contribution is 2.22. The Morgan fingerprint density at radius 2 is 1.70 bits per heavy atom. The normalized spacial score (nSPS) is 10.8. The van der Waals surface area contributed by atoms with Crippen LogP contribution in [0.3, 0.4) is 0 Å². The molecule has 154 valence electrons. The smallest absolute Gasteiger partial charge is 0.265 e. The van der Waals surface area contributed by atoms with Crippen molar-refractivity contribution in [3.8, 4) is 5.75 Å². The first kappa shape index (κ1) is 21.6. The number of nitrogens with one attached hydrogen (secondary N) is 1. The third kappa shape index (κ3) is 6.76. The van der Waals surface area contributed by atoms with E-state index in [0.717, 1.165) is 5.56 Å². The lowest BCUT2D eigenvalue weighted by Gasteiger charge is -2.09. The van der Waals surface area contributed by atoms with Gasteiger partial charge in [0.25, 0.3) is 5.91 Å². The van der Waals surface area contributed by atoms with Crippen LogP contribution in [0.1, 0.15) is 11.1 Å². The summed E-state index contributed by atoms with van der Waals surface area (Å²) in [7, 11) is 0. The summed E-state index contributed by atoms with van der Waals surface area (Å²) in [6.07, 6.45) is 1.40. The maximum atomic E-state index is 13.0. The lowest BCUT2D eigenvalue weighted by molar-refractivity contribution is -0.120. The van der Waals surface area contributed by atoms with Crippen LogP contribution < -0.4 is 10.1 Å². The summed E-state index contributed by atoms with van der Waals surface area (Å²) in [5.41, 5.74) is 1.98. The minimum Gasteiger partial charge on any atom is -0.488 e. The number of oxime groups is 1. The van der Waals surface area contributed by atoms with Crippen molar-refractivity contribution in [1.29, 1.82) is 0 Å². The van der Waals surface area contributed by atoms with E-state index >= 15 is 0 Å². The Kier molecular flexibility index (Phi) is 7.65. The molecule has 0 unspecified atom stereocenters. The fourth-order valence-corrected chi connectivity index (χ4v) is 2.72. The van der Waals surface area contributed by atoms with E-state index in [9.17, 15) is 9.18 Å². The highest BCUT2D eigenvalue weighted by Gasteiger charge is 2.06. The van der Waals surface area contributed by atoms with Crippen molar-refractivity contribution < 1.29 is 18.8 Å². The van der Waals surface area contributed by atoms with E-state index in [1.807, 2.05) is 0 Å². The molecular formula is C22H17Cl2FN2O3. The summed E-state index contributed by atoms with van der Waals surface area (Å²) in [6, 6.07) is 17.7. The topological polar surface area (TPSA) is 59.9 Å². The minimum atomic E-state index is -0.367. The van der Waals surface area contributed by atoms with Crippen LogP contribution in [0.25, 0.3) is 0 Å². The Morgan fingerprint density at radius 1 is 1.00 bits per heavy atom. The van der Waals surface area contributed by atoms with Gasteiger partial charge < -0.3 is 14.9 Å². The number of rotatable bonds is 8. The Labute approximate surface area is 183 Å². The molecule has 0 atom stereocenters. The van der Waals surface area contributed by atoms with Crippen molar-refractivity contribution in [3.63, 3.8) is 0 Å². The van der Waals surface area contributed by atoms with Crippen LogP contribution in [0.2, 0.25) is 10.0 Å². The predicted octanol–water partition coefficient (Wildman–Crippen LogP) is 5.70. The molecule has 0 aliphatic rings. The van der Waals surface area contributed by atoms with Gasteiger partial charge in [-0.05, 0) is 60.2 Å². The van der Waals surface area contributed by atoms with Crippen LogP contribution in [-0.4, -0.2) is 18.7 Å². The standard InChI is InChI=1S/C22H17Cl2FN2O3/c23-17-3-8-20(9-4-17)27-22(28)14-30-26-12-16-11-18(24)5-10-21(16)29-13-15-1-6-19(25)7-2-15/h1-12H,13-14H2,(H,27,28)/b26-12+. The summed E-state index contributed by atoms with van der Waals surface area (Å²) >= 11 is 11.8. The zero-order chi connectivity index (χ0) is 21.3. The van der Waals surface area contributed by atoms with Crippen molar-refractivity contribution in [2.24, 2.45) is 5.16 Å². The molecule has 30 heavy (non-hydrogen) atoms. The maximum absolute atomic E-state index is 13.0. The number of amides is 1. The molecule has 0 spiro atoms. The Morgan fingerprint density at radius 3 is 2.43 bits per heavy atom. The van der Waals surface area contributed by atoms with Crippen LogP contribution in [0.4, 0.5) is 10.1 Å². The summed E-state index contributed by atoms with van der Waals surface area (Å²) in [5, 5.41) is 7.54. The van der Waals surface area contributed by atoms with Gasteiger partial charge in [0, 0.05) is 21.3 Å². The zero-order valence-electron chi connectivity index (χ0n) is 15.6. The first-order chi connectivity index (χ1) is 14.5. The van der Waals surface area contributed by atoms with Crippen molar-refractivity contribution in [2.75, 3.05) is 11.9 Å². The molecule has 1 N–H and O–H groups in total. The van der Waals surface area contributed by atoms with Gasteiger partial charge in [0.2, 0.25) is 0 Å². The Hall–Kier alpha value is -3.09. The molecule has 3 aromatic rings. The summed E-state index contributed by atoms with van der Waals surface area (Å²) < 4.78 is 18.8. The van der Waals surface area contributed by atoms with Crippen molar-refractivity contribution >= 4 is 41.0 Å². The number of carbonyl (C=O) groups excluding carboxylic acids is 1. The first-order valence-corrected chi connectivity index (χ1v) is 9.63. The molecule has 0 aliphatic heterocycles. The summed E-state index contributed by atoms with van der Waals surface area (Å²) in [6.45, 7) is -0.0292. The van der Waals surface area contributed by atoms with E-state index in [-0.39, 0.29) is 24.9 Å². The van der Waals surface area contributed by atoms with Gasteiger partial charge >= 0.3 is 0 Å². The third-order valence-corrected chi connectivity index (χ3v) is 4.36. The van der Waals surface area contributed by atoms with Gasteiger partial charge in [-0.2, -0.15) is 0 Å². The number of nitrogens with zero attached hydrogens (tertiary/aromatic N) is 1. The van der Waals surface area contributed by atoms with E-state index < -0.39 is 0 Å². The molecule has 0 fully saturated rings. The second-order valence-corrected chi connectivity index (χ2v) is 7.03. The number of hydrogen-bond donors (Lipinski definition) is 1. The van der Waals surface area contributed by atoms with Gasteiger partial charge in [0.05, 0.1) is 6.21 Å². The van der Waals surface area contributed by atoms with Crippen molar-refractivity contribution in [2.45, 2.75) is 6.61 Å². The highest BCUT2D eigenvalue weighted by molar-refractivity contribution is 6.31. The van der Waals surface area contributed by atoms with Crippen LogP contribution in [0, 0.1) is 5.82 Å². The molecule has 3 aromatic carbocycles. The third-order valence-electron chi connectivity index (χ3n) is 3.87. The average molecular weight is 447 g/mol. The molecule has 0 aromatic heterocycles. The number of halogens is 3. The molecule has 3 rings (SSSR count). The molecule has 0 bridgehead atoms. The second-order valence-electron chi connectivity index (χ2n) is 6.16. The van der Waals surface area contributed by atoms with E-state index in [2.05, 4.69) is 10.5 Å². The Bertz CT molecular complexity index is 1030. The number of carbonyl (C=O) groups is 1. The van der Waals surface area contributed by atoms with E-state index in [4.69, 9.17) is 32.8 Å². The van der Waals surface area contributed by atoms with Crippen LogP contribution in [0.15, 0.2) is 71.9 Å². The largest absolute Gasteiger partial charge is 0.488 e. The molecule has 5 nitrogen and oxygen atoms in total. The fourth-order valence-electron chi connectivity index (χ4n) is 2.41. The van der Waals surface area contributed by atoms with Crippen molar-refractivity contribution in [1.82, 2.24) is 0 Å². The first-order valence-electron chi connectivity index (χ1n) is 8.87. The van der Waals surface area contributed by atoms with Gasteiger partial charge in [0.15, 0.2) is 6.61 Å². The minimum absolute atomic E-state index is 0.243. The van der Waals surface area contributed by atoms with Gasteiger partial charge in [-0.25, -0.2) is 4.39 Å². The number of benzene rings is 3. The lowest BCUT2D eigenvalue weighted by Crippen LogP contribution is -2.16.